The topological polar surface area (TPSA) is 59.2 Å². The molecule has 24 heavy (non-hydrogen) atoms. The number of amides is 1. The van der Waals surface area contributed by atoms with Crippen molar-refractivity contribution in [3.63, 3.8) is 0 Å². The number of likely N-dealkylation sites (tertiary alicyclic amines) is 1. The molecule has 1 saturated heterocycles. The number of rotatable bonds is 3. The molecule has 1 fully saturated rings. The van der Waals surface area contributed by atoms with Crippen molar-refractivity contribution in [2.75, 3.05) is 13.1 Å². The van der Waals surface area contributed by atoms with Crippen LogP contribution in [0.1, 0.15) is 29.4 Å². The first kappa shape index (κ1) is 20.9. The summed E-state index contributed by atoms with van der Waals surface area (Å²) in [6.07, 6.45) is 3.74. The molecule has 1 amide bonds. The Hall–Kier alpha value is -1.14. The Labute approximate surface area is 159 Å². The van der Waals surface area contributed by atoms with Gasteiger partial charge >= 0.3 is 0 Å². The highest BCUT2D eigenvalue weighted by molar-refractivity contribution is 7.16. The second-order valence-corrected chi connectivity index (χ2v) is 6.94. The zero-order chi connectivity index (χ0) is 15.5. The summed E-state index contributed by atoms with van der Waals surface area (Å²) in [6.45, 7) is 3.55. The lowest BCUT2D eigenvalue weighted by Crippen LogP contribution is -2.49. The number of benzene rings is 1. The van der Waals surface area contributed by atoms with Crippen LogP contribution >= 0.6 is 36.2 Å². The third-order valence-corrected chi connectivity index (χ3v) is 5.28. The van der Waals surface area contributed by atoms with E-state index in [1.165, 1.54) is 11.3 Å². The van der Waals surface area contributed by atoms with Gasteiger partial charge in [-0.05, 0) is 18.8 Å². The average molecular weight is 388 g/mol. The van der Waals surface area contributed by atoms with E-state index in [0.29, 0.717) is 17.3 Å². The van der Waals surface area contributed by atoms with Crippen molar-refractivity contribution in [1.29, 1.82) is 0 Å². The van der Waals surface area contributed by atoms with Gasteiger partial charge in [-0.25, -0.2) is 4.98 Å². The van der Waals surface area contributed by atoms with E-state index in [1.807, 2.05) is 35.2 Å². The smallest absolute Gasteiger partial charge is 0.265 e. The van der Waals surface area contributed by atoms with Gasteiger partial charge in [0.2, 0.25) is 0 Å². The van der Waals surface area contributed by atoms with Crippen molar-refractivity contribution >= 4 is 42.1 Å². The van der Waals surface area contributed by atoms with Crippen molar-refractivity contribution in [2.24, 2.45) is 11.7 Å². The SMILES string of the molecule is CC1CCN(C(=O)c2cnc(-c3ccccc3)s2)C(CN)C1.Cl.Cl. The normalized spacial score (nSPS) is 20.0. The van der Waals surface area contributed by atoms with Crippen molar-refractivity contribution < 1.29 is 4.79 Å². The number of aromatic nitrogens is 1. The maximum atomic E-state index is 12.8. The predicted molar refractivity (Wildman–Crippen MR) is 104 cm³/mol. The number of nitrogens with two attached hydrogens (primary N) is 1. The Morgan fingerprint density at radius 3 is 2.71 bits per heavy atom. The molecule has 0 aliphatic carbocycles. The minimum atomic E-state index is 0. The molecule has 2 unspecified atom stereocenters. The Morgan fingerprint density at radius 2 is 2.04 bits per heavy atom. The van der Waals surface area contributed by atoms with Crippen LogP contribution in [-0.4, -0.2) is 34.9 Å². The largest absolute Gasteiger partial charge is 0.334 e. The summed E-state index contributed by atoms with van der Waals surface area (Å²) in [5, 5.41) is 0.888. The Kier molecular flexibility index (Phi) is 8.16. The molecule has 1 aromatic carbocycles. The summed E-state index contributed by atoms with van der Waals surface area (Å²) in [5.74, 6) is 0.709. The summed E-state index contributed by atoms with van der Waals surface area (Å²) >= 11 is 1.46. The van der Waals surface area contributed by atoms with Gasteiger partial charge in [0.1, 0.15) is 9.88 Å². The molecule has 4 nitrogen and oxygen atoms in total. The van der Waals surface area contributed by atoms with E-state index < -0.39 is 0 Å². The quantitative estimate of drug-likeness (QED) is 0.869. The van der Waals surface area contributed by atoms with Crippen LogP contribution in [0.5, 0.6) is 0 Å². The van der Waals surface area contributed by atoms with Gasteiger partial charge in [0.05, 0.1) is 6.20 Å². The molecular formula is C17H23Cl2N3OS. The molecule has 0 spiro atoms. The summed E-state index contributed by atoms with van der Waals surface area (Å²) in [7, 11) is 0. The molecule has 2 atom stereocenters. The number of halogens is 2. The van der Waals surface area contributed by atoms with E-state index >= 15 is 0 Å². The molecule has 2 N–H and O–H groups in total. The van der Waals surface area contributed by atoms with Crippen LogP contribution in [0.25, 0.3) is 10.6 Å². The second-order valence-electron chi connectivity index (χ2n) is 5.91. The number of hydrogen-bond donors (Lipinski definition) is 1. The van der Waals surface area contributed by atoms with E-state index in [-0.39, 0.29) is 36.8 Å². The van der Waals surface area contributed by atoms with Gasteiger partial charge in [0, 0.05) is 24.7 Å². The predicted octanol–water partition coefficient (Wildman–Crippen LogP) is 3.85. The second kappa shape index (κ2) is 9.37. The first-order valence-electron chi connectivity index (χ1n) is 7.71. The van der Waals surface area contributed by atoms with E-state index in [2.05, 4.69) is 11.9 Å². The molecule has 7 heteroatoms. The van der Waals surface area contributed by atoms with Crippen molar-refractivity contribution in [1.82, 2.24) is 9.88 Å². The average Bonchev–Trinajstić information content (AvgIpc) is 3.05. The Balaban J connectivity index is 0.00000144. The lowest BCUT2D eigenvalue weighted by atomic mass is 9.92. The zero-order valence-electron chi connectivity index (χ0n) is 13.6. The van der Waals surface area contributed by atoms with E-state index in [4.69, 9.17) is 5.73 Å². The van der Waals surface area contributed by atoms with Gasteiger partial charge in [-0.2, -0.15) is 0 Å². The monoisotopic (exact) mass is 387 g/mol. The molecule has 0 bridgehead atoms. The van der Waals surface area contributed by atoms with Crippen LogP contribution in [0, 0.1) is 5.92 Å². The van der Waals surface area contributed by atoms with Gasteiger partial charge in [-0.15, -0.1) is 36.2 Å². The summed E-state index contributed by atoms with van der Waals surface area (Å²) in [5.41, 5.74) is 6.91. The lowest BCUT2D eigenvalue weighted by molar-refractivity contribution is 0.0578. The molecule has 3 rings (SSSR count). The standard InChI is InChI=1S/C17H21N3OS.2ClH/c1-12-7-8-20(14(9-12)10-18)17(21)15-11-19-16(22-15)13-5-3-2-4-6-13;;/h2-6,11-12,14H,7-10,18H2,1H3;2*1H. The first-order chi connectivity index (χ1) is 10.7. The van der Waals surface area contributed by atoms with Crippen LogP contribution < -0.4 is 5.73 Å². The lowest BCUT2D eigenvalue weighted by Gasteiger charge is -2.37. The molecule has 1 aliphatic heterocycles. The molecular weight excluding hydrogens is 365 g/mol. The number of piperidine rings is 1. The summed E-state index contributed by atoms with van der Waals surface area (Å²) in [4.78, 5) is 19.8. The number of thiazole rings is 1. The minimum absolute atomic E-state index is 0. The maximum Gasteiger partial charge on any atom is 0.265 e. The summed E-state index contributed by atoms with van der Waals surface area (Å²) < 4.78 is 0. The molecule has 1 aliphatic rings. The third-order valence-electron chi connectivity index (χ3n) is 4.25. The van der Waals surface area contributed by atoms with Gasteiger partial charge in [0.25, 0.3) is 5.91 Å². The fourth-order valence-electron chi connectivity index (χ4n) is 2.97. The van der Waals surface area contributed by atoms with E-state index in [0.717, 1.165) is 30.0 Å². The molecule has 2 aromatic rings. The fraction of sp³-hybridized carbons (Fsp3) is 0.412. The summed E-state index contributed by atoms with van der Waals surface area (Å²) in [6, 6.07) is 10.1. The van der Waals surface area contributed by atoms with Crippen LogP contribution in [0.3, 0.4) is 0 Å². The number of hydrogen-bond acceptors (Lipinski definition) is 4. The van der Waals surface area contributed by atoms with Crippen LogP contribution in [0.2, 0.25) is 0 Å². The van der Waals surface area contributed by atoms with Crippen molar-refractivity contribution in [3.05, 3.63) is 41.4 Å². The molecule has 1 aromatic heterocycles. The number of nitrogens with zero attached hydrogens (tertiary/aromatic N) is 2. The van der Waals surface area contributed by atoms with Crippen LogP contribution in [0.4, 0.5) is 0 Å². The fourth-order valence-corrected chi connectivity index (χ4v) is 3.85. The highest BCUT2D eigenvalue weighted by Gasteiger charge is 2.30. The van der Waals surface area contributed by atoms with Gasteiger partial charge in [-0.1, -0.05) is 37.3 Å². The molecule has 0 radical (unpaired) electrons. The van der Waals surface area contributed by atoms with Crippen molar-refractivity contribution in [2.45, 2.75) is 25.8 Å². The van der Waals surface area contributed by atoms with Crippen LogP contribution in [0.15, 0.2) is 36.5 Å². The van der Waals surface area contributed by atoms with Crippen LogP contribution in [-0.2, 0) is 0 Å². The van der Waals surface area contributed by atoms with Gasteiger partial charge < -0.3 is 10.6 Å². The molecule has 132 valence electrons. The Bertz CT molecular complexity index is 650. The van der Waals surface area contributed by atoms with E-state index in [1.54, 1.807) is 6.20 Å². The maximum absolute atomic E-state index is 12.8. The number of carbonyl (C=O) groups excluding carboxylic acids is 1. The van der Waals surface area contributed by atoms with E-state index in [9.17, 15) is 4.79 Å². The van der Waals surface area contributed by atoms with Crippen molar-refractivity contribution in [3.8, 4) is 10.6 Å². The highest BCUT2D eigenvalue weighted by Crippen LogP contribution is 2.28. The zero-order valence-corrected chi connectivity index (χ0v) is 16.0. The van der Waals surface area contributed by atoms with Gasteiger partial charge in [0.15, 0.2) is 0 Å². The molecule has 0 saturated carbocycles. The van der Waals surface area contributed by atoms with Gasteiger partial charge in [-0.3, -0.25) is 4.79 Å². The third kappa shape index (κ3) is 4.48. The first-order valence-corrected chi connectivity index (χ1v) is 8.53. The Morgan fingerprint density at radius 1 is 1.33 bits per heavy atom. The number of carbonyl (C=O) groups is 1. The highest BCUT2D eigenvalue weighted by atomic mass is 35.5. The minimum Gasteiger partial charge on any atom is -0.334 e. The molecule has 2 heterocycles.